The van der Waals surface area contributed by atoms with Gasteiger partial charge in [0.1, 0.15) is 5.52 Å². The molecule has 4 nitrogen and oxygen atoms in total. The van der Waals surface area contributed by atoms with Crippen LogP contribution in [0.3, 0.4) is 0 Å². The minimum absolute atomic E-state index is 0.429. The molecule has 1 aromatic carbocycles. The molecule has 0 bridgehead atoms. The van der Waals surface area contributed by atoms with Gasteiger partial charge in [0.15, 0.2) is 5.65 Å². The molecule has 0 fully saturated rings. The average Bonchev–Trinajstić information content (AvgIpc) is 2.65. The number of nitrogen functional groups attached to an aromatic ring is 1. The van der Waals surface area contributed by atoms with Gasteiger partial charge < -0.3 is 5.73 Å². The Morgan fingerprint density at radius 1 is 1.06 bits per heavy atom. The number of anilines is 1. The zero-order valence-electron chi connectivity index (χ0n) is 9.14. The summed E-state index contributed by atoms with van der Waals surface area (Å²) in [5.74, 6) is 0.429. The van der Waals surface area contributed by atoms with Crippen LogP contribution in [-0.4, -0.2) is 14.5 Å². The summed E-state index contributed by atoms with van der Waals surface area (Å²) in [4.78, 5) is 8.67. The zero-order chi connectivity index (χ0) is 12.7. The highest BCUT2D eigenvalue weighted by Gasteiger charge is 2.11. The second kappa shape index (κ2) is 4.37. The lowest BCUT2D eigenvalue weighted by Gasteiger charge is -2.05. The third-order valence-corrected chi connectivity index (χ3v) is 3.54. The van der Waals surface area contributed by atoms with E-state index in [1.807, 2.05) is 34.9 Å². The molecule has 0 amide bonds. The molecule has 0 unspecified atom stereocenters. The first-order valence-electron chi connectivity index (χ1n) is 5.20. The zero-order valence-corrected chi connectivity index (χ0v) is 12.3. The van der Waals surface area contributed by atoms with Crippen molar-refractivity contribution < 1.29 is 0 Å². The molecule has 2 heterocycles. The van der Waals surface area contributed by atoms with Crippen LogP contribution in [0.1, 0.15) is 0 Å². The molecule has 3 rings (SSSR count). The highest BCUT2D eigenvalue weighted by Crippen LogP contribution is 2.24. The molecule has 2 aromatic heterocycles. The molecular formula is C12H8Br2N4. The van der Waals surface area contributed by atoms with Gasteiger partial charge in [-0.3, -0.25) is 4.57 Å². The number of hydrogen-bond acceptors (Lipinski definition) is 3. The fourth-order valence-corrected chi connectivity index (χ4v) is 2.39. The number of nitrogens with zero attached hydrogens (tertiary/aromatic N) is 3. The molecule has 0 saturated heterocycles. The Morgan fingerprint density at radius 3 is 2.50 bits per heavy atom. The molecule has 90 valence electrons. The predicted octanol–water partition coefficient (Wildman–Crippen LogP) is 3.53. The Labute approximate surface area is 120 Å². The van der Waals surface area contributed by atoms with Gasteiger partial charge in [-0.1, -0.05) is 15.9 Å². The summed E-state index contributed by atoms with van der Waals surface area (Å²) in [6, 6.07) is 9.74. The van der Waals surface area contributed by atoms with Crippen LogP contribution in [-0.2, 0) is 0 Å². The SMILES string of the molecule is Nc1nc2cc(Br)cnc2n1-c1ccc(Br)cc1. The summed E-state index contributed by atoms with van der Waals surface area (Å²) in [5.41, 5.74) is 8.41. The van der Waals surface area contributed by atoms with E-state index in [1.165, 1.54) is 0 Å². The van der Waals surface area contributed by atoms with Gasteiger partial charge in [-0.15, -0.1) is 0 Å². The monoisotopic (exact) mass is 366 g/mol. The van der Waals surface area contributed by atoms with Gasteiger partial charge in [0.2, 0.25) is 5.95 Å². The molecule has 0 radical (unpaired) electrons. The predicted molar refractivity (Wildman–Crippen MR) is 78.7 cm³/mol. The first-order chi connectivity index (χ1) is 8.65. The fraction of sp³-hybridized carbons (Fsp3) is 0. The lowest BCUT2D eigenvalue weighted by atomic mass is 10.3. The molecule has 18 heavy (non-hydrogen) atoms. The Morgan fingerprint density at radius 2 is 1.78 bits per heavy atom. The molecule has 2 N–H and O–H groups in total. The number of fused-ring (bicyclic) bond motifs is 1. The van der Waals surface area contributed by atoms with Crippen molar-refractivity contribution in [3.8, 4) is 5.69 Å². The lowest BCUT2D eigenvalue weighted by Crippen LogP contribution is -2.01. The van der Waals surface area contributed by atoms with Crippen LogP contribution in [0.25, 0.3) is 16.9 Å². The van der Waals surface area contributed by atoms with Crippen molar-refractivity contribution in [1.82, 2.24) is 14.5 Å². The lowest BCUT2D eigenvalue weighted by molar-refractivity contribution is 1.08. The van der Waals surface area contributed by atoms with Gasteiger partial charge in [-0.05, 0) is 46.3 Å². The average molecular weight is 368 g/mol. The van der Waals surface area contributed by atoms with Crippen LogP contribution in [0.5, 0.6) is 0 Å². The van der Waals surface area contributed by atoms with Crippen LogP contribution in [0.2, 0.25) is 0 Å². The third kappa shape index (κ3) is 1.91. The van der Waals surface area contributed by atoms with Gasteiger partial charge in [-0.25, -0.2) is 9.97 Å². The van der Waals surface area contributed by atoms with E-state index in [-0.39, 0.29) is 0 Å². The van der Waals surface area contributed by atoms with Gasteiger partial charge in [0.25, 0.3) is 0 Å². The van der Waals surface area contributed by atoms with Crippen molar-refractivity contribution in [2.24, 2.45) is 0 Å². The highest BCUT2D eigenvalue weighted by molar-refractivity contribution is 9.10. The standard InChI is InChI=1S/C12H8Br2N4/c13-7-1-3-9(4-2-7)18-11-10(17-12(18)15)5-8(14)6-16-11/h1-6H,(H2,15,17). The van der Waals surface area contributed by atoms with Crippen LogP contribution in [0, 0.1) is 0 Å². The molecule has 0 aliphatic carbocycles. The number of halogens is 2. The summed E-state index contributed by atoms with van der Waals surface area (Å²) < 4.78 is 3.73. The minimum Gasteiger partial charge on any atom is -0.369 e. The molecule has 0 saturated carbocycles. The summed E-state index contributed by atoms with van der Waals surface area (Å²) in [7, 11) is 0. The van der Waals surface area contributed by atoms with Crippen molar-refractivity contribution in [2.45, 2.75) is 0 Å². The third-order valence-electron chi connectivity index (χ3n) is 2.57. The van der Waals surface area contributed by atoms with E-state index in [9.17, 15) is 0 Å². The largest absolute Gasteiger partial charge is 0.369 e. The van der Waals surface area contributed by atoms with E-state index in [2.05, 4.69) is 41.8 Å². The minimum atomic E-state index is 0.429. The first kappa shape index (κ1) is 11.7. The van der Waals surface area contributed by atoms with Crippen LogP contribution in [0.15, 0.2) is 45.5 Å². The number of nitrogens with two attached hydrogens (primary N) is 1. The van der Waals surface area contributed by atoms with Crippen molar-refractivity contribution >= 4 is 49.0 Å². The molecule has 0 aliphatic rings. The van der Waals surface area contributed by atoms with Crippen LogP contribution in [0.4, 0.5) is 5.95 Å². The van der Waals surface area contributed by atoms with Crippen molar-refractivity contribution in [3.63, 3.8) is 0 Å². The maximum absolute atomic E-state index is 5.96. The quantitative estimate of drug-likeness (QED) is 0.715. The normalized spacial score (nSPS) is 11.0. The van der Waals surface area contributed by atoms with E-state index in [4.69, 9.17) is 5.73 Å². The summed E-state index contributed by atoms with van der Waals surface area (Å²) in [5, 5.41) is 0. The first-order valence-corrected chi connectivity index (χ1v) is 6.79. The van der Waals surface area contributed by atoms with Crippen LogP contribution < -0.4 is 5.73 Å². The van der Waals surface area contributed by atoms with Crippen molar-refractivity contribution in [2.75, 3.05) is 5.73 Å². The Bertz CT molecular complexity index is 719. The Hall–Kier alpha value is -1.40. The summed E-state index contributed by atoms with van der Waals surface area (Å²) in [6.07, 6.45) is 1.73. The fourth-order valence-electron chi connectivity index (χ4n) is 1.80. The van der Waals surface area contributed by atoms with E-state index < -0.39 is 0 Å². The van der Waals surface area contributed by atoms with Gasteiger partial charge >= 0.3 is 0 Å². The van der Waals surface area contributed by atoms with Gasteiger partial charge in [0.05, 0.1) is 5.69 Å². The summed E-state index contributed by atoms with van der Waals surface area (Å²) in [6.45, 7) is 0. The second-order valence-corrected chi connectivity index (χ2v) is 5.61. The molecule has 0 spiro atoms. The number of aromatic nitrogens is 3. The molecule has 0 aliphatic heterocycles. The highest BCUT2D eigenvalue weighted by atomic mass is 79.9. The maximum atomic E-state index is 5.96. The number of pyridine rings is 1. The second-order valence-electron chi connectivity index (χ2n) is 3.78. The maximum Gasteiger partial charge on any atom is 0.207 e. The Kier molecular flexibility index (Phi) is 2.83. The molecule has 3 aromatic rings. The molecular weight excluding hydrogens is 360 g/mol. The van der Waals surface area contributed by atoms with E-state index >= 15 is 0 Å². The van der Waals surface area contributed by atoms with E-state index in [0.29, 0.717) is 5.95 Å². The number of rotatable bonds is 1. The van der Waals surface area contributed by atoms with Gasteiger partial charge in [-0.2, -0.15) is 0 Å². The smallest absolute Gasteiger partial charge is 0.207 e. The van der Waals surface area contributed by atoms with Crippen LogP contribution >= 0.6 is 31.9 Å². The van der Waals surface area contributed by atoms with Gasteiger partial charge in [0, 0.05) is 15.1 Å². The van der Waals surface area contributed by atoms with Crippen molar-refractivity contribution in [1.29, 1.82) is 0 Å². The number of hydrogen-bond donors (Lipinski definition) is 1. The van der Waals surface area contributed by atoms with E-state index in [1.54, 1.807) is 6.20 Å². The number of benzene rings is 1. The molecule has 0 atom stereocenters. The summed E-state index contributed by atoms with van der Waals surface area (Å²) >= 11 is 6.78. The molecule has 6 heteroatoms. The number of imidazole rings is 1. The Balaban J connectivity index is 2.28. The van der Waals surface area contributed by atoms with E-state index in [0.717, 1.165) is 25.8 Å². The van der Waals surface area contributed by atoms with Crippen molar-refractivity contribution in [3.05, 3.63) is 45.5 Å². The topological polar surface area (TPSA) is 56.7 Å².